The molecule has 3 aliphatic rings. The molecule has 5 nitrogen and oxygen atoms in total. The lowest BCUT2D eigenvalue weighted by Crippen LogP contribution is -2.38. The fourth-order valence-electron chi connectivity index (χ4n) is 5.98. The van der Waals surface area contributed by atoms with Gasteiger partial charge in [-0.3, -0.25) is 4.98 Å². The molecule has 0 radical (unpaired) electrons. The molecule has 5 rings (SSSR count). The highest BCUT2D eigenvalue weighted by atomic mass is 16.5. The Bertz CT molecular complexity index is 883. The van der Waals surface area contributed by atoms with E-state index < -0.39 is 0 Å². The van der Waals surface area contributed by atoms with Crippen LogP contribution < -0.4 is 14.4 Å². The Morgan fingerprint density at radius 2 is 1.75 bits per heavy atom. The van der Waals surface area contributed by atoms with Crippen molar-refractivity contribution in [3.63, 3.8) is 0 Å². The number of fused-ring (bicyclic) bond motifs is 3. The van der Waals surface area contributed by atoms with E-state index in [1.54, 1.807) is 7.11 Å². The normalized spacial score (nSPS) is 20.8. The second-order valence-electron chi connectivity index (χ2n) is 10.1. The van der Waals surface area contributed by atoms with Gasteiger partial charge in [-0.25, -0.2) is 0 Å². The number of nitrogens with zero attached hydrogens (tertiary/aromatic N) is 3. The van der Waals surface area contributed by atoms with E-state index >= 15 is 0 Å². The average Bonchev–Trinajstić information content (AvgIpc) is 2.87. The monoisotopic (exact) mass is 437 g/mol. The second kappa shape index (κ2) is 10.3. The van der Waals surface area contributed by atoms with Crippen molar-refractivity contribution < 1.29 is 9.47 Å². The van der Waals surface area contributed by atoms with Crippen LogP contribution in [0.4, 0.5) is 5.69 Å². The fourth-order valence-corrected chi connectivity index (χ4v) is 5.98. The van der Waals surface area contributed by atoms with E-state index in [9.17, 15) is 0 Å². The minimum atomic E-state index is 0.740. The molecule has 1 aromatic carbocycles. The molecular weight excluding hydrogens is 398 g/mol. The van der Waals surface area contributed by atoms with Gasteiger partial charge in [-0.15, -0.1) is 0 Å². The van der Waals surface area contributed by atoms with Gasteiger partial charge in [0.25, 0.3) is 0 Å². The summed E-state index contributed by atoms with van der Waals surface area (Å²) >= 11 is 0. The van der Waals surface area contributed by atoms with Crippen molar-refractivity contribution in [2.24, 2.45) is 11.8 Å². The number of piperidine rings is 1. The van der Waals surface area contributed by atoms with E-state index in [2.05, 4.69) is 20.9 Å². The molecule has 0 atom stereocenters. The Balaban J connectivity index is 1.16. The van der Waals surface area contributed by atoms with Crippen LogP contribution in [0, 0.1) is 11.8 Å². The van der Waals surface area contributed by atoms with Crippen LogP contribution in [-0.4, -0.2) is 56.3 Å². The zero-order valence-electron chi connectivity index (χ0n) is 19.7. The standard InChI is InChI=1S/C27H39N3O2/c1-31-23-7-8-25-24(19-23)27-26(20-28-25)32-18-17-30(27)16-12-22-10-14-29(15-11-22)13-9-21-5-3-2-4-6-21/h7-8,19-22H,2-6,9-18H2,1H3. The molecule has 32 heavy (non-hydrogen) atoms. The highest BCUT2D eigenvalue weighted by Gasteiger charge is 2.25. The molecule has 174 valence electrons. The van der Waals surface area contributed by atoms with E-state index in [-0.39, 0.29) is 0 Å². The smallest absolute Gasteiger partial charge is 0.161 e. The minimum absolute atomic E-state index is 0.740. The summed E-state index contributed by atoms with van der Waals surface area (Å²) in [5.41, 5.74) is 2.20. The zero-order valence-corrected chi connectivity index (χ0v) is 19.7. The number of ether oxygens (including phenoxy) is 2. The number of benzene rings is 1. The number of rotatable bonds is 7. The molecule has 1 saturated carbocycles. The SMILES string of the molecule is COc1ccc2ncc3c(c2c1)N(CCC1CCN(CCC2CCCCC2)CC1)CCO3. The number of pyridine rings is 1. The van der Waals surface area contributed by atoms with E-state index in [1.165, 1.54) is 83.1 Å². The molecule has 2 aromatic rings. The van der Waals surface area contributed by atoms with Crippen molar-refractivity contribution in [2.45, 2.75) is 57.8 Å². The van der Waals surface area contributed by atoms with Gasteiger partial charge in [-0.2, -0.15) is 0 Å². The van der Waals surface area contributed by atoms with Crippen molar-refractivity contribution >= 4 is 16.6 Å². The molecule has 1 aliphatic carbocycles. The number of aromatic nitrogens is 1. The number of hydrogen-bond donors (Lipinski definition) is 0. The first-order chi connectivity index (χ1) is 15.8. The van der Waals surface area contributed by atoms with Crippen LogP contribution in [0.2, 0.25) is 0 Å². The molecule has 0 spiro atoms. The molecular formula is C27H39N3O2. The Labute approximate surface area is 193 Å². The van der Waals surface area contributed by atoms with Gasteiger partial charge in [0.1, 0.15) is 12.4 Å². The molecule has 1 saturated heterocycles. The number of likely N-dealkylation sites (tertiary alicyclic amines) is 1. The van der Waals surface area contributed by atoms with Gasteiger partial charge >= 0.3 is 0 Å². The van der Waals surface area contributed by atoms with Crippen molar-refractivity contribution in [3.8, 4) is 11.5 Å². The van der Waals surface area contributed by atoms with Crippen molar-refractivity contribution in [1.29, 1.82) is 0 Å². The van der Waals surface area contributed by atoms with Crippen LogP contribution in [0.5, 0.6) is 11.5 Å². The summed E-state index contributed by atoms with van der Waals surface area (Å²) in [5.74, 6) is 3.63. The van der Waals surface area contributed by atoms with Gasteiger partial charge in [-0.05, 0) is 75.4 Å². The van der Waals surface area contributed by atoms with Crippen molar-refractivity contribution in [3.05, 3.63) is 24.4 Å². The maximum absolute atomic E-state index is 5.97. The third-order valence-electron chi connectivity index (χ3n) is 8.04. The third kappa shape index (κ3) is 4.98. The average molecular weight is 438 g/mol. The summed E-state index contributed by atoms with van der Waals surface area (Å²) in [4.78, 5) is 9.86. The van der Waals surface area contributed by atoms with Gasteiger partial charge in [0, 0.05) is 11.9 Å². The molecule has 0 N–H and O–H groups in total. The highest BCUT2D eigenvalue weighted by molar-refractivity contribution is 5.96. The summed E-state index contributed by atoms with van der Waals surface area (Å²) in [6.07, 6.45) is 14.7. The minimum Gasteiger partial charge on any atom is -0.497 e. The molecule has 5 heteroatoms. The van der Waals surface area contributed by atoms with Crippen LogP contribution >= 0.6 is 0 Å². The highest BCUT2D eigenvalue weighted by Crippen LogP contribution is 2.39. The summed E-state index contributed by atoms with van der Waals surface area (Å²) in [5, 5.41) is 1.14. The Morgan fingerprint density at radius 3 is 2.56 bits per heavy atom. The Kier molecular flexibility index (Phi) is 7.01. The quantitative estimate of drug-likeness (QED) is 0.571. The first kappa shape index (κ1) is 21.8. The number of methoxy groups -OCH3 is 1. The molecule has 0 unspecified atom stereocenters. The van der Waals surface area contributed by atoms with Gasteiger partial charge in [-0.1, -0.05) is 32.1 Å². The van der Waals surface area contributed by atoms with E-state index in [0.717, 1.165) is 53.9 Å². The van der Waals surface area contributed by atoms with Crippen LogP contribution in [0.15, 0.2) is 24.4 Å². The lowest BCUT2D eigenvalue weighted by Gasteiger charge is -2.36. The van der Waals surface area contributed by atoms with Gasteiger partial charge in [0.15, 0.2) is 5.75 Å². The largest absolute Gasteiger partial charge is 0.497 e. The Hall–Kier alpha value is -2.01. The fraction of sp³-hybridized carbons (Fsp3) is 0.667. The van der Waals surface area contributed by atoms with E-state index in [0.29, 0.717) is 0 Å². The summed E-state index contributed by atoms with van der Waals surface area (Å²) in [7, 11) is 1.72. The number of anilines is 1. The van der Waals surface area contributed by atoms with Crippen LogP contribution in [-0.2, 0) is 0 Å². The first-order valence-corrected chi connectivity index (χ1v) is 12.9. The molecule has 3 heterocycles. The number of hydrogen-bond acceptors (Lipinski definition) is 5. The third-order valence-corrected chi connectivity index (χ3v) is 8.04. The van der Waals surface area contributed by atoms with Gasteiger partial charge in [0.05, 0.1) is 31.1 Å². The van der Waals surface area contributed by atoms with Gasteiger partial charge in [0.2, 0.25) is 0 Å². The second-order valence-corrected chi connectivity index (χ2v) is 10.1. The predicted molar refractivity (Wildman–Crippen MR) is 131 cm³/mol. The lowest BCUT2D eigenvalue weighted by molar-refractivity contribution is 0.163. The lowest BCUT2D eigenvalue weighted by atomic mass is 9.86. The summed E-state index contributed by atoms with van der Waals surface area (Å²) in [6, 6.07) is 6.13. The predicted octanol–water partition coefficient (Wildman–Crippen LogP) is 5.51. The van der Waals surface area contributed by atoms with E-state index in [4.69, 9.17) is 9.47 Å². The Morgan fingerprint density at radius 1 is 0.969 bits per heavy atom. The van der Waals surface area contributed by atoms with Crippen molar-refractivity contribution in [2.75, 3.05) is 51.3 Å². The van der Waals surface area contributed by atoms with E-state index in [1.807, 2.05) is 18.3 Å². The van der Waals surface area contributed by atoms with Crippen LogP contribution in [0.1, 0.15) is 57.8 Å². The molecule has 0 bridgehead atoms. The van der Waals surface area contributed by atoms with Crippen molar-refractivity contribution in [1.82, 2.24) is 9.88 Å². The summed E-state index contributed by atoms with van der Waals surface area (Å²) < 4.78 is 11.4. The maximum atomic E-state index is 5.97. The maximum Gasteiger partial charge on any atom is 0.161 e. The molecule has 2 aliphatic heterocycles. The van der Waals surface area contributed by atoms with Gasteiger partial charge < -0.3 is 19.3 Å². The molecule has 2 fully saturated rings. The first-order valence-electron chi connectivity index (χ1n) is 12.9. The molecule has 1 aromatic heterocycles. The van der Waals surface area contributed by atoms with Crippen LogP contribution in [0.25, 0.3) is 10.9 Å². The topological polar surface area (TPSA) is 37.8 Å². The van der Waals surface area contributed by atoms with Crippen LogP contribution in [0.3, 0.4) is 0 Å². The summed E-state index contributed by atoms with van der Waals surface area (Å²) in [6.45, 7) is 6.70. The molecule has 0 amide bonds. The zero-order chi connectivity index (χ0) is 21.8.